The molecule has 132 valence electrons. The van der Waals surface area contributed by atoms with E-state index in [0.29, 0.717) is 35.0 Å². The molecule has 8 heteroatoms. The molecule has 0 spiro atoms. The number of hydrogen-bond donors (Lipinski definition) is 0. The van der Waals surface area contributed by atoms with Crippen LogP contribution in [0.3, 0.4) is 0 Å². The lowest BCUT2D eigenvalue weighted by Gasteiger charge is -2.13. The van der Waals surface area contributed by atoms with Crippen molar-refractivity contribution >= 4 is 38.6 Å². The molecule has 0 fully saturated rings. The normalized spacial score (nSPS) is 11.4. The number of nitrogens with zero attached hydrogens (tertiary/aromatic N) is 3. The van der Waals surface area contributed by atoms with Crippen LogP contribution in [0.5, 0.6) is 0 Å². The van der Waals surface area contributed by atoms with Crippen LogP contribution < -0.4 is 5.56 Å². The smallest absolute Gasteiger partial charge is 0.262 e. The van der Waals surface area contributed by atoms with Gasteiger partial charge in [0.25, 0.3) is 5.56 Å². The van der Waals surface area contributed by atoms with Crippen molar-refractivity contribution in [3.8, 4) is 0 Å². The molecule has 6 nitrogen and oxygen atoms in total. The van der Waals surface area contributed by atoms with E-state index in [2.05, 4.69) is 26.1 Å². The van der Waals surface area contributed by atoms with E-state index in [0.717, 1.165) is 21.5 Å². The Morgan fingerprint density at radius 3 is 2.84 bits per heavy atom. The van der Waals surface area contributed by atoms with Crippen molar-refractivity contribution in [1.82, 2.24) is 14.7 Å². The fraction of sp³-hybridized carbons (Fsp3) is 0.353. The summed E-state index contributed by atoms with van der Waals surface area (Å²) in [6, 6.07) is 5.54. The summed E-state index contributed by atoms with van der Waals surface area (Å²) >= 11 is 4.91. The molecule has 0 aliphatic heterocycles. The Labute approximate surface area is 157 Å². The van der Waals surface area contributed by atoms with E-state index in [1.54, 1.807) is 17.7 Å². The number of thioether (sulfide) groups is 1. The highest BCUT2D eigenvalue weighted by atomic mass is 79.9. The molecular formula is C17H18BrN3O3S. The highest BCUT2D eigenvalue weighted by molar-refractivity contribution is 9.10. The van der Waals surface area contributed by atoms with E-state index in [1.165, 1.54) is 11.8 Å². The van der Waals surface area contributed by atoms with Gasteiger partial charge in [-0.05, 0) is 32.0 Å². The molecule has 1 aromatic carbocycles. The summed E-state index contributed by atoms with van der Waals surface area (Å²) in [7, 11) is 1.62. The van der Waals surface area contributed by atoms with Crippen molar-refractivity contribution in [2.45, 2.75) is 31.3 Å². The number of fused-ring (bicyclic) bond motifs is 1. The highest BCUT2D eigenvalue weighted by Crippen LogP contribution is 2.26. The first kappa shape index (κ1) is 18.2. The molecule has 25 heavy (non-hydrogen) atoms. The van der Waals surface area contributed by atoms with Crippen LogP contribution in [0.25, 0.3) is 10.9 Å². The molecule has 0 atom stereocenters. The van der Waals surface area contributed by atoms with Gasteiger partial charge in [0.15, 0.2) is 5.16 Å². The van der Waals surface area contributed by atoms with Crippen LogP contribution in [-0.2, 0) is 17.0 Å². The summed E-state index contributed by atoms with van der Waals surface area (Å²) in [5.41, 5.74) is 2.52. The van der Waals surface area contributed by atoms with Gasteiger partial charge >= 0.3 is 0 Å². The van der Waals surface area contributed by atoms with Gasteiger partial charge in [0, 0.05) is 22.9 Å². The Balaban J connectivity index is 2.02. The molecule has 2 aromatic heterocycles. The lowest BCUT2D eigenvalue weighted by atomic mass is 10.2. The van der Waals surface area contributed by atoms with Crippen molar-refractivity contribution in [2.75, 3.05) is 13.7 Å². The van der Waals surface area contributed by atoms with Crippen LogP contribution in [0.2, 0.25) is 0 Å². The third-order valence-corrected chi connectivity index (χ3v) is 5.42. The molecule has 0 aliphatic carbocycles. The van der Waals surface area contributed by atoms with Crippen molar-refractivity contribution in [2.24, 2.45) is 0 Å². The first-order valence-corrected chi connectivity index (χ1v) is 9.52. The molecule has 0 saturated carbocycles. The van der Waals surface area contributed by atoms with Gasteiger partial charge in [0.1, 0.15) is 5.76 Å². The zero-order chi connectivity index (χ0) is 18.0. The molecule has 0 N–H and O–H groups in total. The fourth-order valence-corrected chi connectivity index (χ4v) is 4.05. The number of rotatable bonds is 6. The molecule has 0 bridgehead atoms. The maximum absolute atomic E-state index is 12.9. The van der Waals surface area contributed by atoms with Crippen LogP contribution in [0, 0.1) is 13.8 Å². The Hall–Kier alpha value is -1.64. The van der Waals surface area contributed by atoms with Gasteiger partial charge in [-0.3, -0.25) is 9.36 Å². The molecule has 0 aliphatic rings. The SMILES string of the molecule is COCCn1c(SCc2c(C)noc2C)nc2ccc(Br)cc2c1=O. The second-order valence-electron chi connectivity index (χ2n) is 5.60. The van der Waals surface area contributed by atoms with Gasteiger partial charge in [-0.1, -0.05) is 32.8 Å². The number of aromatic nitrogens is 3. The van der Waals surface area contributed by atoms with Crippen LogP contribution in [0.1, 0.15) is 17.0 Å². The average Bonchev–Trinajstić information content (AvgIpc) is 2.91. The standard InChI is InChI=1S/C17H18BrN3O3S/c1-10-14(11(2)24-20-10)9-25-17-19-15-5-4-12(18)8-13(15)16(22)21(17)6-7-23-3/h4-5,8H,6-7,9H2,1-3H3. The van der Waals surface area contributed by atoms with Gasteiger partial charge < -0.3 is 9.26 Å². The van der Waals surface area contributed by atoms with E-state index < -0.39 is 0 Å². The molecule has 0 unspecified atom stereocenters. The highest BCUT2D eigenvalue weighted by Gasteiger charge is 2.15. The molecular weight excluding hydrogens is 406 g/mol. The van der Waals surface area contributed by atoms with Crippen molar-refractivity contribution in [3.05, 3.63) is 50.0 Å². The summed E-state index contributed by atoms with van der Waals surface area (Å²) in [6.07, 6.45) is 0. The van der Waals surface area contributed by atoms with Gasteiger partial charge in [-0.2, -0.15) is 0 Å². The number of aryl methyl sites for hydroxylation is 2. The number of ether oxygens (including phenoxy) is 1. The van der Waals surface area contributed by atoms with Crippen LogP contribution in [0.15, 0.2) is 37.1 Å². The second-order valence-corrected chi connectivity index (χ2v) is 7.46. The molecule has 3 aromatic rings. The minimum absolute atomic E-state index is 0.0652. The van der Waals surface area contributed by atoms with Gasteiger partial charge in [-0.25, -0.2) is 4.98 Å². The topological polar surface area (TPSA) is 70.2 Å². The van der Waals surface area contributed by atoms with Crippen LogP contribution >= 0.6 is 27.7 Å². The third kappa shape index (κ3) is 3.80. The lowest BCUT2D eigenvalue weighted by Crippen LogP contribution is -2.25. The summed E-state index contributed by atoms with van der Waals surface area (Å²) < 4.78 is 12.9. The van der Waals surface area contributed by atoms with E-state index in [1.807, 2.05) is 26.0 Å². The van der Waals surface area contributed by atoms with Crippen LogP contribution in [-0.4, -0.2) is 28.4 Å². The largest absolute Gasteiger partial charge is 0.383 e. The first-order valence-electron chi connectivity index (χ1n) is 7.75. The zero-order valence-corrected chi connectivity index (χ0v) is 16.6. The van der Waals surface area contributed by atoms with E-state index >= 15 is 0 Å². The zero-order valence-electron chi connectivity index (χ0n) is 14.2. The maximum Gasteiger partial charge on any atom is 0.262 e. The number of methoxy groups -OCH3 is 1. The summed E-state index contributed by atoms with van der Waals surface area (Å²) in [5, 5.41) is 5.23. The Bertz CT molecular complexity index is 948. The summed E-state index contributed by atoms with van der Waals surface area (Å²) in [6.45, 7) is 4.70. The number of halogens is 1. The van der Waals surface area contributed by atoms with E-state index in [4.69, 9.17) is 9.26 Å². The summed E-state index contributed by atoms with van der Waals surface area (Å²) in [5.74, 6) is 1.43. The van der Waals surface area contributed by atoms with Crippen molar-refractivity contribution in [3.63, 3.8) is 0 Å². The van der Waals surface area contributed by atoms with E-state index in [-0.39, 0.29) is 5.56 Å². The maximum atomic E-state index is 12.9. The Morgan fingerprint density at radius 2 is 2.16 bits per heavy atom. The number of hydrogen-bond acceptors (Lipinski definition) is 6. The molecule has 0 saturated heterocycles. The van der Waals surface area contributed by atoms with Gasteiger partial charge in [0.2, 0.25) is 0 Å². The van der Waals surface area contributed by atoms with Gasteiger partial charge in [0.05, 0.1) is 29.7 Å². The first-order chi connectivity index (χ1) is 12.0. The minimum Gasteiger partial charge on any atom is -0.383 e. The molecule has 2 heterocycles. The number of benzene rings is 1. The fourth-order valence-electron chi connectivity index (χ4n) is 2.51. The molecule has 0 amide bonds. The third-order valence-electron chi connectivity index (χ3n) is 3.93. The Kier molecular flexibility index (Phi) is 5.61. The second kappa shape index (κ2) is 7.72. The Morgan fingerprint density at radius 1 is 1.36 bits per heavy atom. The monoisotopic (exact) mass is 423 g/mol. The molecule has 3 rings (SSSR count). The summed E-state index contributed by atoms with van der Waals surface area (Å²) in [4.78, 5) is 17.6. The quantitative estimate of drug-likeness (QED) is 0.444. The van der Waals surface area contributed by atoms with E-state index in [9.17, 15) is 4.79 Å². The van der Waals surface area contributed by atoms with Gasteiger partial charge in [-0.15, -0.1) is 0 Å². The average molecular weight is 424 g/mol. The van der Waals surface area contributed by atoms with Crippen molar-refractivity contribution in [1.29, 1.82) is 0 Å². The predicted octanol–water partition coefficient (Wildman–Crippen LogP) is 3.70. The minimum atomic E-state index is -0.0652. The predicted molar refractivity (Wildman–Crippen MR) is 101 cm³/mol. The van der Waals surface area contributed by atoms with Crippen LogP contribution in [0.4, 0.5) is 0 Å². The lowest BCUT2D eigenvalue weighted by molar-refractivity contribution is 0.183. The van der Waals surface area contributed by atoms with Crippen molar-refractivity contribution < 1.29 is 9.26 Å². The molecule has 0 radical (unpaired) electrons.